The fourth-order valence-corrected chi connectivity index (χ4v) is 1.42. The van der Waals surface area contributed by atoms with E-state index in [-0.39, 0.29) is 6.54 Å². The van der Waals surface area contributed by atoms with Crippen molar-refractivity contribution in [2.75, 3.05) is 13.1 Å². The largest absolute Gasteiger partial charge is 0.411 e. The van der Waals surface area contributed by atoms with Crippen molar-refractivity contribution in [2.45, 2.75) is 27.2 Å². The highest BCUT2D eigenvalue weighted by Crippen LogP contribution is 2.22. The van der Waals surface area contributed by atoms with E-state index in [1.165, 1.54) is 6.21 Å². The number of quaternary nitrogens is 1. The third kappa shape index (κ3) is 3.83. The van der Waals surface area contributed by atoms with E-state index in [1.54, 1.807) is 20.8 Å². The van der Waals surface area contributed by atoms with Crippen LogP contribution >= 0.6 is 0 Å². The van der Waals surface area contributed by atoms with E-state index >= 15 is 0 Å². The van der Waals surface area contributed by atoms with Gasteiger partial charge in [-0.25, -0.2) is 9.63 Å². The predicted octanol–water partition coefficient (Wildman–Crippen LogP) is 1.49. The smallest absolute Gasteiger partial charge is 0.376 e. The molecule has 0 radical (unpaired) electrons. The van der Waals surface area contributed by atoms with Crippen LogP contribution in [0.4, 0.5) is 0 Å². The van der Waals surface area contributed by atoms with Crippen LogP contribution in [0, 0.1) is 5.41 Å². The second-order valence-corrected chi connectivity index (χ2v) is 5.17. The fraction of sp³-hybridized carbons (Fsp3) is 0.636. The molecule has 17 heavy (non-hydrogen) atoms. The Bertz CT molecular complexity index is 357. The van der Waals surface area contributed by atoms with Gasteiger partial charge < -0.3 is 5.21 Å². The number of carbonyl (C=O) groups is 1. The summed E-state index contributed by atoms with van der Waals surface area (Å²) in [7, 11) is 0. The van der Waals surface area contributed by atoms with Crippen LogP contribution in [0.3, 0.4) is 0 Å². The highest BCUT2D eigenvalue weighted by molar-refractivity contribution is 5.78. The highest BCUT2D eigenvalue weighted by atomic mass is 16.9. The molecule has 96 valence electrons. The zero-order valence-electron chi connectivity index (χ0n) is 10.4. The molecule has 0 amide bonds. The average Bonchev–Trinajstić information content (AvgIpc) is 2.15. The molecule has 1 unspecified atom stereocenters. The van der Waals surface area contributed by atoms with Crippen LogP contribution in [-0.2, 0) is 9.63 Å². The summed E-state index contributed by atoms with van der Waals surface area (Å²) < 4.78 is 0. The minimum atomic E-state index is -0.798. The van der Waals surface area contributed by atoms with Crippen LogP contribution in [0.25, 0.3) is 0 Å². The average molecular weight is 243 g/mol. The van der Waals surface area contributed by atoms with Crippen molar-refractivity contribution >= 4 is 12.2 Å². The first-order valence-electron chi connectivity index (χ1n) is 5.47. The van der Waals surface area contributed by atoms with Crippen LogP contribution in [0.1, 0.15) is 27.2 Å². The monoisotopic (exact) mass is 243 g/mol. The van der Waals surface area contributed by atoms with Gasteiger partial charge in [0, 0.05) is 16.8 Å². The first-order chi connectivity index (χ1) is 7.77. The number of hydrogen-bond donors (Lipinski definition) is 2. The van der Waals surface area contributed by atoms with E-state index in [2.05, 4.69) is 5.16 Å². The highest BCUT2D eigenvalue weighted by Gasteiger charge is 2.38. The van der Waals surface area contributed by atoms with E-state index < -0.39 is 16.2 Å². The van der Waals surface area contributed by atoms with Crippen molar-refractivity contribution < 1.29 is 24.9 Å². The normalized spacial score (nSPS) is 25.8. The maximum absolute atomic E-state index is 11.7. The van der Waals surface area contributed by atoms with Crippen molar-refractivity contribution in [2.24, 2.45) is 10.6 Å². The molecule has 0 fully saturated rings. The SMILES string of the molecule is CC(C)(C)C(=O)O[N+]1(O)CCC=C(C=NO)C1. The molecule has 2 N–H and O–H groups in total. The Labute approximate surface area is 100 Å². The molecule has 0 aromatic carbocycles. The van der Waals surface area contributed by atoms with Gasteiger partial charge in [-0.05, 0) is 20.8 Å². The third-order valence-corrected chi connectivity index (χ3v) is 2.40. The molecule has 0 saturated heterocycles. The molecule has 6 heteroatoms. The molecule has 0 spiro atoms. The van der Waals surface area contributed by atoms with E-state index in [9.17, 15) is 10.0 Å². The summed E-state index contributed by atoms with van der Waals surface area (Å²) in [5.41, 5.74) is -0.0386. The first-order valence-corrected chi connectivity index (χ1v) is 5.47. The second kappa shape index (κ2) is 4.85. The number of nitrogens with zero attached hydrogens (tertiary/aromatic N) is 2. The molecule has 1 aliphatic rings. The van der Waals surface area contributed by atoms with Crippen LogP contribution in [-0.4, -0.2) is 40.5 Å². The molecule has 1 rings (SSSR count). The molecule has 0 aromatic rings. The van der Waals surface area contributed by atoms with Crippen molar-refractivity contribution in [1.29, 1.82) is 0 Å². The molecular weight excluding hydrogens is 224 g/mol. The lowest BCUT2D eigenvalue weighted by molar-refractivity contribution is -1.23. The Balaban J connectivity index is 2.71. The quantitative estimate of drug-likeness (QED) is 0.333. The van der Waals surface area contributed by atoms with Gasteiger partial charge in [0.15, 0.2) is 13.1 Å². The molecule has 0 bridgehead atoms. The number of rotatable bonds is 2. The van der Waals surface area contributed by atoms with Gasteiger partial charge in [0.25, 0.3) is 0 Å². The fourth-order valence-electron chi connectivity index (χ4n) is 1.42. The van der Waals surface area contributed by atoms with Crippen molar-refractivity contribution in [3.8, 4) is 0 Å². The summed E-state index contributed by atoms with van der Waals surface area (Å²) in [6.45, 7) is 5.54. The summed E-state index contributed by atoms with van der Waals surface area (Å²) >= 11 is 0. The number of hydroxylamine groups is 4. The molecule has 1 atom stereocenters. The lowest BCUT2D eigenvalue weighted by Gasteiger charge is -2.31. The third-order valence-electron chi connectivity index (χ3n) is 2.40. The van der Waals surface area contributed by atoms with Crippen molar-refractivity contribution in [3.63, 3.8) is 0 Å². The second-order valence-electron chi connectivity index (χ2n) is 5.17. The van der Waals surface area contributed by atoms with Crippen LogP contribution in [0.2, 0.25) is 0 Å². The van der Waals surface area contributed by atoms with Crippen LogP contribution in [0.5, 0.6) is 0 Å². The predicted molar refractivity (Wildman–Crippen MR) is 60.3 cm³/mol. The van der Waals surface area contributed by atoms with Crippen molar-refractivity contribution in [3.05, 3.63) is 11.6 Å². The van der Waals surface area contributed by atoms with Gasteiger partial charge in [0.05, 0.1) is 11.6 Å². The summed E-state index contributed by atoms with van der Waals surface area (Å²) in [5, 5.41) is 21.4. The summed E-state index contributed by atoms with van der Waals surface area (Å²) in [4.78, 5) is 16.0. The lowest BCUT2D eigenvalue weighted by Crippen LogP contribution is -2.51. The van der Waals surface area contributed by atoms with Gasteiger partial charge in [0.1, 0.15) is 0 Å². The summed E-state index contributed by atoms with van der Waals surface area (Å²) in [6, 6.07) is 0. The lowest BCUT2D eigenvalue weighted by atomic mass is 9.98. The first kappa shape index (κ1) is 13.7. The van der Waals surface area contributed by atoms with E-state index in [0.29, 0.717) is 18.5 Å². The number of hydrogen-bond acceptors (Lipinski definition) is 5. The van der Waals surface area contributed by atoms with Gasteiger partial charge in [-0.3, -0.25) is 0 Å². The molecule has 6 nitrogen and oxygen atoms in total. The number of oxime groups is 1. The Morgan fingerprint density at radius 3 is 2.76 bits per heavy atom. The zero-order chi connectivity index (χ0) is 13.1. The van der Waals surface area contributed by atoms with E-state index in [0.717, 1.165) is 0 Å². The maximum atomic E-state index is 11.7. The molecule has 0 aromatic heterocycles. The summed E-state index contributed by atoms with van der Waals surface area (Å²) in [5.74, 6) is -0.470. The van der Waals surface area contributed by atoms with Crippen LogP contribution < -0.4 is 0 Å². The Kier molecular flexibility index (Phi) is 3.90. The minimum Gasteiger partial charge on any atom is -0.411 e. The summed E-state index contributed by atoms with van der Waals surface area (Å²) in [6.07, 6.45) is 3.61. The minimum absolute atomic E-state index is 0.0892. The zero-order valence-corrected chi connectivity index (χ0v) is 10.4. The van der Waals surface area contributed by atoms with Gasteiger partial charge >= 0.3 is 5.97 Å². The number of carbonyl (C=O) groups excluding carboxylic acids is 1. The Hall–Kier alpha value is -1.40. The molecule has 1 aliphatic heterocycles. The molecule has 0 aliphatic carbocycles. The molecular formula is C11H19N2O4+. The standard InChI is InChI=1S/C11H18N2O4/c1-11(2,3)10(14)17-13(16)6-4-5-9(8-13)7-12-15/h5,7,16H,4,6,8H2,1-3H3/p+1. The van der Waals surface area contributed by atoms with Gasteiger partial charge in [-0.2, -0.15) is 5.21 Å². The Morgan fingerprint density at radius 1 is 1.59 bits per heavy atom. The van der Waals surface area contributed by atoms with Gasteiger partial charge in [-0.15, -0.1) is 0 Å². The maximum Gasteiger partial charge on any atom is 0.376 e. The van der Waals surface area contributed by atoms with Gasteiger partial charge in [-0.1, -0.05) is 11.2 Å². The van der Waals surface area contributed by atoms with E-state index in [1.807, 2.05) is 6.08 Å². The topological polar surface area (TPSA) is 79.1 Å². The van der Waals surface area contributed by atoms with Crippen molar-refractivity contribution in [1.82, 2.24) is 0 Å². The van der Waals surface area contributed by atoms with Gasteiger partial charge in [0.2, 0.25) is 0 Å². The Morgan fingerprint density at radius 2 is 2.24 bits per heavy atom. The van der Waals surface area contributed by atoms with E-state index in [4.69, 9.17) is 10.0 Å². The molecule has 1 heterocycles. The van der Waals surface area contributed by atoms with Crippen LogP contribution in [0.15, 0.2) is 16.8 Å². The molecule has 0 saturated carbocycles.